The van der Waals surface area contributed by atoms with Crippen molar-refractivity contribution < 1.29 is 18.7 Å². The van der Waals surface area contributed by atoms with Gasteiger partial charge >= 0.3 is 6.09 Å². The van der Waals surface area contributed by atoms with Crippen LogP contribution in [0.3, 0.4) is 0 Å². The number of piperidine rings is 1. The lowest BCUT2D eigenvalue weighted by molar-refractivity contribution is 0.0473. The van der Waals surface area contributed by atoms with Gasteiger partial charge < -0.3 is 14.4 Å². The summed E-state index contributed by atoms with van der Waals surface area (Å²) in [6, 6.07) is 4.73. The predicted octanol–water partition coefficient (Wildman–Crippen LogP) is 3.61. The van der Waals surface area contributed by atoms with Crippen molar-refractivity contribution in [2.24, 2.45) is 17.8 Å². The van der Waals surface area contributed by atoms with Gasteiger partial charge in [0.05, 0.1) is 6.61 Å². The smallest absolute Gasteiger partial charge is 0.410 e. The van der Waals surface area contributed by atoms with Gasteiger partial charge in [0.1, 0.15) is 23.4 Å². The Kier molecular flexibility index (Phi) is 5.27. The number of halogens is 1. The van der Waals surface area contributed by atoms with Crippen molar-refractivity contribution >= 4 is 6.09 Å². The predicted molar refractivity (Wildman–Crippen MR) is 109 cm³/mol. The number of likely N-dealkylation sites (tertiary alicyclic amines) is 1. The Morgan fingerprint density at radius 2 is 2.10 bits per heavy atom. The van der Waals surface area contributed by atoms with Crippen LogP contribution >= 0.6 is 0 Å². The molecule has 3 aliphatic rings. The van der Waals surface area contributed by atoms with Gasteiger partial charge in [-0.3, -0.25) is 0 Å². The molecule has 1 aliphatic heterocycles. The summed E-state index contributed by atoms with van der Waals surface area (Å²) in [7, 11) is 0. The number of carbonyl (C=O) groups excluding carboxylic acids is 1. The first-order valence-electron chi connectivity index (χ1n) is 11.1. The summed E-state index contributed by atoms with van der Waals surface area (Å²) in [4.78, 5) is 14.1. The third-order valence-corrected chi connectivity index (χ3v) is 6.94. The molecule has 0 bridgehead atoms. The molecule has 2 atom stereocenters. The normalized spacial score (nSPS) is 24.6. The van der Waals surface area contributed by atoms with E-state index in [-0.39, 0.29) is 11.7 Å². The van der Waals surface area contributed by atoms with E-state index in [1.807, 2.05) is 11.8 Å². The third-order valence-electron chi connectivity index (χ3n) is 6.94. The molecule has 1 amide bonds. The van der Waals surface area contributed by atoms with E-state index in [2.05, 4.69) is 15.5 Å². The van der Waals surface area contributed by atoms with Crippen molar-refractivity contribution in [3.8, 4) is 11.4 Å². The number of hydrogen-bond acceptors (Lipinski definition) is 6. The molecule has 0 spiro atoms. The van der Waals surface area contributed by atoms with Crippen molar-refractivity contribution in [1.29, 1.82) is 0 Å². The monoisotopic (exact) mass is 429 g/mol. The maximum absolute atomic E-state index is 14.3. The maximum Gasteiger partial charge on any atom is 0.410 e. The molecule has 3 fully saturated rings. The van der Waals surface area contributed by atoms with Gasteiger partial charge in [0.15, 0.2) is 5.82 Å². The number of benzene rings is 1. The Bertz CT molecular complexity index is 925. The highest BCUT2D eigenvalue weighted by Crippen LogP contribution is 2.50. The third kappa shape index (κ3) is 4.65. The minimum Gasteiger partial charge on any atom is -0.493 e. The number of amides is 1. The molecule has 9 heteroatoms. The van der Waals surface area contributed by atoms with Gasteiger partial charge in [0, 0.05) is 19.2 Å². The lowest BCUT2D eigenvalue weighted by Crippen LogP contribution is -2.40. The molecule has 166 valence electrons. The van der Waals surface area contributed by atoms with Gasteiger partial charge in [0.25, 0.3) is 0 Å². The van der Waals surface area contributed by atoms with E-state index in [1.165, 1.54) is 23.5 Å². The summed E-state index contributed by atoms with van der Waals surface area (Å²) in [5.41, 5.74) is 0.0906. The molecule has 2 aliphatic carbocycles. The summed E-state index contributed by atoms with van der Waals surface area (Å²) >= 11 is 0. The summed E-state index contributed by atoms with van der Waals surface area (Å²) < 4.78 is 26.9. The lowest BCUT2D eigenvalue weighted by atomic mass is 9.91. The van der Waals surface area contributed by atoms with E-state index >= 15 is 0 Å². The molecular formula is C22H28FN5O3. The van der Waals surface area contributed by atoms with E-state index < -0.39 is 5.82 Å². The standard InChI is InChI=1S/C22H28FN5O3/c1-22(7-8-22)31-21(29)27-9-4-15(5-10-27)18-12-16(18)6-11-30-17-2-3-20(19(23)13-17)28-14-24-25-26-28/h2-3,13-16,18H,4-12H2,1H3/t16-,18+/m1/s1. The first kappa shape index (κ1) is 20.2. The van der Waals surface area contributed by atoms with Crippen LogP contribution in [0.15, 0.2) is 24.5 Å². The largest absolute Gasteiger partial charge is 0.493 e. The van der Waals surface area contributed by atoms with Crippen LogP contribution in [-0.4, -0.2) is 56.5 Å². The van der Waals surface area contributed by atoms with Crippen LogP contribution in [0.2, 0.25) is 0 Å². The van der Waals surface area contributed by atoms with Crippen molar-refractivity contribution in [2.45, 2.75) is 51.0 Å². The van der Waals surface area contributed by atoms with E-state index in [0.717, 1.165) is 51.1 Å². The summed E-state index contributed by atoms with van der Waals surface area (Å²) in [6.45, 7) is 4.18. The fourth-order valence-corrected chi connectivity index (χ4v) is 4.61. The molecule has 2 saturated carbocycles. The Labute approximate surface area is 180 Å². The van der Waals surface area contributed by atoms with Gasteiger partial charge in [0.2, 0.25) is 0 Å². The van der Waals surface area contributed by atoms with Crippen molar-refractivity contribution in [1.82, 2.24) is 25.1 Å². The number of hydrogen-bond donors (Lipinski definition) is 0. The second-order valence-electron chi connectivity index (χ2n) is 9.31. The summed E-state index contributed by atoms with van der Waals surface area (Å²) in [5, 5.41) is 10.7. The molecule has 0 N–H and O–H groups in total. The molecule has 2 aromatic rings. The van der Waals surface area contributed by atoms with E-state index in [0.29, 0.717) is 29.9 Å². The summed E-state index contributed by atoms with van der Waals surface area (Å²) in [6.07, 6.45) is 7.49. The molecular weight excluding hydrogens is 401 g/mol. The van der Waals surface area contributed by atoms with Crippen LogP contribution in [0.5, 0.6) is 5.75 Å². The van der Waals surface area contributed by atoms with Gasteiger partial charge in [-0.15, -0.1) is 5.10 Å². The van der Waals surface area contributed by atoms with Gasteiger partial charge in [-0.25, -0.2) is 9.18 Å². The zero-order valence-corrected chi connectivity index (χ0v) is 17.7. The number of rotatable bonds is 7. The van der Waals surface area contributed by atoms with Crippen molar-refractivity contribution in [3.63, 3.8) is 0 Å². The fraction of sp³-hybridized carbons (Fsp3) is 0.636. The first-order valence-corrected chi connectivity index (χ1v) is 11.1. The Morgan fingerprint density at radius 1 is 1.29 bits per heavy atom. The molecule has 2 heterocycles. The van der Waals surface area contributed by atoms with Crippen LogP contribution in [-0.2, 0) is 4.74 Å². The molecule has 0 radical (unpaired) electrons. The number of ether oxygens (including phenoxy) is 2. The average Bonchev–Trinajstić information content (AvgIpc) is 3.63. The zero-order valence-electron chi connectivity index (χ0n) is 17.7. The van der Waals surface area contributed by atoms with Crippen molar-refractivity contribution in [3.05, 3.63) is 30.3 Å². The number of carbonyl (C=O) groups is 1. The molecule has 1 aromatic carbocycles. The fourth-order valence-electron chi connectivity index (χ4n) is 4.61. The second-order valence-corrected chi connectivity index (χ2v) is 9.31. The van der Waals surface area contributed by atoms with E-state index in [9.17, 15) is 9.18 Å². The van der Waals surface area contributed by atoms with Gasteiger partial charge in [-0.1, -0.05) is 0 Å². The van der Waals surface area contributed by atoms with E-state index in [4.69, 9.17) is 9.47 Å². The van der Waals surface area contributed by atoms with Crippen LogP contribution in [0.25, 0.3) is 5.69 Å². The second kappa shape index (κ2) is 8.09. The summed E-state index contributed by atoms with van der Waals surface area (Å²) in [5.74, 6) is 2.16. The molecule has 8 nitrogen and oxygen atoms in total. The number of aromatic nitrogens is 4. The molecule has 1 saturated heterocycles. The molecule has 5 rings (SSSR count). The van der Waals surface area contributed by atoms with Crippen LogP contribution < -0.4 is 4.74 Å². The SMILES string of the molecule is CC1(OC(=O)N2CCC([C@@H]3C[C@H]3CCOc3ccc(-n4cnnn4)c(F)c3)CC2)CC1. The highest BCUT2D eigenvalue weighted by molar-refractivity contribution is 5.68. The van der Waals surface area contributed by atoms with Gasteiger partial charge in [-0.05, 0) is 85.8 Å². The zero-order chi connectivity index (χ0) is 21.4. The van der Waals surface area contributed by atoms with Crippen molar-refractivity contribution in [2.75, 3.05) is 19.7 Å². The topological polar surface area (TPSA) is 82.4 Å². The quantitative estimate of drug-likeness (QED) is 0.669. The number of tetrazole rings is 1. The highest BCUT2D eigenvalue weighted by Gasteiger charge is 2.45. The minimum atomic E-state index is -0.421. The first-order chi connectivity index (χ1) is 15.0. The van der Waals surface area contributed by atoms with E-state index in [1.54, 1.807) is 12.1 Å². The van der Waals surface area contributed by atoms with Crippen LogP contribution in [0.4, 0.5) is 9.18 Å². The molecule has 31 heavy (non-hydrogen) atoms. The number of nitrogens with zero attached hydrogens (tertiary/aromatic N) is 5. The Hall–Kier alpha value is -2.71. The van der Waals surface area contributed by atoms with Crippen LogP contribution in [0, 0.1) is 23.6 Å². The molecule has 1 aromatic heterocycles. The van der Waals surface area contributed by atoms with Gasteiger partial charge in [-0.2, -0.15) is 4.68 Å². The van der Waals surface area contributed by atoms with Crippen LogP contribution in [0.1, 0.15) is 45.4 Å². The average molecular weight is 429 g/mol. The Balaban J connectivity index is 1.03. The molecule has 0 unspecified atom stereocenters. The maximum atomic E-state index is 14.3. The highest BCUT2D eigenvalue weighted by atomic mass is 19.1. The lowest BCUT2D eigenvalue weighted by Gasteiger charge is -2.32. The Morgan fingerprint density at radius 3 is 2.77 bits per heavy atom. The minimum absolute atomic E-state index is 0.141.